The molecule has 0 N–H and O–H groups in total. The van der Waals surface area contributed by atoms with Gasteiger partial charge in [0.05, 0.1) is 30.7 Å². The molecule has 7 heteroatoms. The molecule has 3 rings (SSSR count). The third-order valence-electron chi connectivity index (χ3n) is 4.83. The van der Waals surface area contributed by atoms with Crippen molar-refractivity contribution in [1.82, 2.24) is 4.57 Å². The number of rotatable bonds is 5. The van der Waals surface area contributed by atoms with Crippen molar-refractivity contribution in [2.45, 2.75) is 27.2 Å². The Morgan fingerprint density at radius 1 is 1.18 bits per heavy atom. The average Bonchev–Trinajstić information content (AvgIpc) is 3.09. The summed E-state index contributed by atoms with van der Waals surface area (Å²) in [7, 11) is 2.82. The van der Waals surface area contributed by atoms with E-state index >= 15 is 0 Å². The lowest BCUT2D eigenvalue weighted by Gasteiger charge is -2.12. The topological polar surface area (TPSA) is 69.9 Å². The van der Waals surface area contributed by atoms with Crippen LogP contribution in [-0.4, -0.2) is 36.3 Å². The summed E-state index contributed by atoms with van der Waals surface area (Å²) < 4.78 is 12.0. The largest absolute Gasteiger partial charge is 0.495 e. The number of halogens is 1. The maximum atomic E-state index is 12.6. The number of aryl methyl sites for hydroxylation is 1. The van der Waals surface area contributed by atoms with Crippen LogP contribution in [0.15, 0.2) is 40.5 Å². The SMILES string of the molecule is COC(=O)C1=C(C)N=C(Cc2cc(C)n(-c3ccc(OC)c(Cl)c3)c2C)C1=O. The Balaban J connectivity index is 1.92. The van der Waals surface area contributed by atoms with Gasteiger partial charge in [-0.1, -0.05) is 11.6 Å². The Labute approximate surface area is 168 Å². The van der Waals surface area contributed by atoms with Crippen molar-refractivity contribution in [3.63, 3.8) is 0 Å². The summed E-state index contributed by atoms with van der Waals surface area (Å²) in [5.74, 6) is -0.419. The molecule has 1 aromatic heterocycles. The van der Waals surface area contributed by atoms with Gasteiger partial charge in [0, 0.05) is 23.5 Å². The number of carbonyl (C=O) groups is 2. The van der Waals surface area contributed by atoms with Crippen LogP contribution in [0.3, 0.4) is 0 Å². The van der Waals surface area contributed by atoms with E-state index in [1.807, 2.05) is 38.1 Å². The summed E-state index contributed by atoms with van der Waals surface area (Å²) in [4.78, 5) is 28.7. The van der Waals surface area contributed by atoms with E-state index in [-0.39, 0.29) is 11.4 Å². The van der Waals surface area contributed by atoms with Gasteiger partial charge < -0.3 is 14.0 Å². The van der Waals surface area contributed by atoms with E-state index in [0.29, 0.717) is 28.6 Å². The molecule has 6 nitrogen and oxygen atoms in total. The van der Waals surface area contributed by atoms with Crippen LogP contribution in [0.4, 0.5) is 0 Å². The van der Waals surface area contributed by atoms with Gasteiger partial charge in [-0.05, 0) is 50.6 Å². The first-order valence-corrected chi connectivity index (χ1v) is 9.09. The number of methoxy groups -OCH3 is 2. The third kappa shape index (κ3) is 3.36. The molecule has 0 fully saturated rings. The van der Waals surface area contributed by atoms with E-state index in [4.69, 9.17) is 21.1 Å². The molecule has 0 saturated carbocycles. The average molecular weight is 401 g/mol. The lowest BCUT2D eigenvalue weighted by atomic mass is 10.0. The molecule has 0 radical (unpaired) electrons. The van der Waals surface area contributed by atoms with E-state index < -0.39 is 5.97 Å². The summed E-state index contributed by atoms with van der Waals surface area (Å²) in [5.41, 5.74) is 4.56. The van der Waals surface area contributed by atoms with E-state index in [1.165, 1.54) is 7.11 Å². The first-order chi connectivity index (χ1) is 13.3. The number of esters is 1. The molecule has 0 saturated heterocycles. The number of allylic oxidation sites excluding steroid dienone is 1. The van der Waals surface area contributed by atoms with Gasteiger partial charge in [0.2, 0.25) is 5.78 Å². The minimum absolute atomic E-state index is 0.00763. The zero-order valence-electron chi connectivity index (χ0n) is 16.4. The highest BCUT2D eigenvalue weighted by molar-refractivity contribution is 6.53. The molecule has 1 aliphatic rings. The molecule has 0 atom stereocenters. The summed E-state index contributed by atoms with van der Waals surface area (Å²) in [5, 5.41) is 0.520. The minimum atomic E-state index is -0.653. The van der Waals surface area contributed by atoms with Crippen molar-refractivity contribution in [2.24, 2.45) is 4.99 Å². The molecule has 1 aromatic carbocycles. The van der Waals surface area contributed by atoms with Crippen LogP contribution in [0.1, 0.15) is 23.9 Å². The van der Waals surface area contributed by atoms with Gasteiger partial charge in [0.25, 0.3) is 0 Å². The molecule has 0 amide bonds. The first kappa shape index (κ1) is 19.9. The van der Waals surface area contributed by atoms with E-state index in [1.54, 1.807) is 14.0 Å². The Hall–Kier alpha value is -2.86. The first-order valence-electron chi connectivity index (χ1n) is 8.71. The fraction of sp³-hybridized carbons (Fsp3) is 0.286. The maximum absolute atomic E-state index is 12.6. The summed E-state index contributed by atoms with van der Waals surface area (Å²) in [6.45, 7) is 5.60. The molecular weight excluding hydrogens is 380 g/mol. The third-order valence-corrected chi connectivity index (χ3v) is 5.13. The molecule has 28 heavy (non-hydrogen) atoms. The molecule has 1 aliphatic heterocycles. The highest BCUT2D eigenvalue weighted by atomic mass is 35.5. The minimum Gasteiger partial charge on any atom is -0.495 e. The number of hydrogen-bond donors (Lipinski definition) is 0. The predicted octanol–water partition coefficient (Wildman–Crippen LogP) is 3.77. The van der Waals surface area contributed by atoms with Crippen molar-refractivity contribution in [3.05, 3.63) is 57.5 Å². The fourth-order valence-corrected chi connectivity index (χ4v) is 3.71. The maximum Gasteiger partial charge on any atom is 0.343 e. The Bertz CT molecular complexity index is 1050. The number of aromatic nitrogens is 1. The van der Waals surface area contributed by atoms with E-state index in [9.17, 15) is 9.59 Å². The summed E-state index contributed by atoms with van der Waals surface area (Å²) in [6.07, 6.45) is 0.334. The van der Waals surface area contributed by atoms with Crippen LogP contribution < -0.4 is 4.74 Å². The zero-order valence-corrected chi connectivity index (χ0v) is 17.2. The number of ether oxygens (including phenoxy) is 2. The second kappa shape index (κ2) is 7.64. The number of carbonyl (C=O) groups excluding carboxylic acids is 2. The molecule has 146 valence electrons. The van der Waals surface area contributed by atoms with Crippen LogP contribution in [0, 0.1) is 13.8 Å². The number of aliphatic imine (C=N–C) groups is 1. The molecular formula is C21H21ClN2O4. The van der Waals surface area contributed by atoms with Crippen molar-refractivity contribution < 1.29 is 19.1 Å². The van der Waals surface area contributed by atoms with Crippen molar-refractivity contribution in [3.8, 4) is 11.4 Å². The van der Waals surface area contributed by atoms with Gasteiger partial charge in [-0.3, -0.25) is 9.79 Å². The number of Topliss-reactive ketones (excluding diaryl/α,β-unsaturated/α-hetero) is 1. The smallest absolute Gasteiger partial charge is 0.343 e. The quantitative estimate of drug-likeness (QED) is 0.566. The number of hydrogen-bond acceptors (Lipinski definition) is 5. The Morgan fingerprint density at radius 3 is 2.50 bits per heavy atom. The van der Waals surface area contributed by atoms with Crippen LogP contribution in [0.5, 0.6) is 5.75 Å². The predicted molar refractivity (Wildman–Crippen MR) is 108 cm³/mol. The number of ketones is 1. The standard InChI is InChI=1S/C21H21ClN2O4/c1-11-8-14(9-17-20(25)19(12(2)23-17)21(26)28-5)13(3)24(11)15-6-7-18(27-4)16(22)10-15/h6-8,10H,9H2,1-5H3. The molecule has 0 unspecified atom stereocenters. The molecule has 0 spiro atoms. The number of nitrogens with zero attached hydrogens (tertiary/aromatic N) is 2. The van der Waals surface area contributed by atoms with Crippen LogP contribution >= 0.6 is 11.6 Å². The lowest BCUT2D eigenvalue weighted by molar-refractivity contribution is -0.137. The van der Waals surface area contributed by atoms with Crippen LogP contribution in [0.2, 0.25) is 5.02 Å². The Morgan fingerprint density at radius 2 is 1.89 bits per heavy atom. The number of benzene rings is 1. The van der Waals surface area contributed by atoms with Crippen molar-refractivity contribution >= 4 is 29.1 Å². The second-order valence-corrected chi connectivity index (χ2v) is 6.97. The van der Waals surface area contributed by atoms with Crippen LogP contribution in [-0.2, 0) is 20.7 Å². The molecule has 2 aromatic rings. The normalized spacial score (nSPS) is 13.8. The van der Waals surface area contributed by atoms with Gasteiger partial charge in [0.15, 0.2) is 0 Å². The zero-order chi connectivity index (χ0) is 20.6. The Kier molecular flexibility index (Phi) is 5.42. The van der Waals surface area contributed by atoms with Gasteiger partial charge in [0.1, 0.15) is 11.3 Å². The molecule has 0 bridgehead atoms. The van der Waals surface area contributed by atoms with E-state index in [0.717, 1.165) is 22.6 Å². The highest BCUT2D eigenvalue weighted by Crippen LogP contribution is 2.30. The monoisotopic (exact) mass is 400 g/mol. The van der Waals surface area contributed by atoms with Gasteiger partial charge in [-0.25, -0.2) is 4.79 Å². The lowest BCUT2D eigenvalue weighted by Crippen LogP contribution is -2.20. The molecule has 2 heterocycles. The van der Waals surface area contributed by atoms with Crippen molar-refractivity contribution in [2.75, 3.05) is 14.2 Å². The fourth-order valence-electron chi connectivity index (χ4n) is 3.46. The van der Waals surface area contributed by atoms with Gasteiger partial charge in [-0.2, -0.15) is 0 Å². The molecule has 0 aliphatic carbocycles. The van der Waals surface area contributed by atoms with Crippen molar-refractivity contribution in [1.29, 1.82) is 0 Å². The highest BCUT2D eigenvalue weighted by Gasteiger charge is 2.32. The van der Waals surface area contributed by atoms with Crippen LogP contribution in [0.25, 0.3) is 5.69 Å². The summed E-state index contributed by atoms with van der Waals surface area (Å²) in [6, 6.07) is 7.59. The van der Waals surface area contributed by atoms with E-state index in [2.05, 4.69) is 9.56 Å². The van der Waals surface area contributed by atoms with Gasteiger partial charge in [-0.15, -0.1) is 0 Å². The second-order valence-electron chi connectivity index (χ2n) is 6.57. The van der Waals surface area contributed by atoms with Gasteiger partial charge >= 0.3 is 5.97 Å². The summed E-state index contributed by atoms with van der Waals surface area (Å²) >= 11 is 6.27.